The third-order valence-electron chi connectivity index (χ3n) is 4.04. The van der Waals surface area contributed by atoms with Crippen molar-refractivity contribution in [3.63, 3.8) is 0 Å². The van der Waals surface area contributed by atoms with Crippen LogP contribution >= 0.6 is 28.1 Å². The molecule has 1 N–H and O–H groups in total. The highest BCUT2D eigenvalue weighted by molar-refractivity contribution is 9.10. The quantitative estimate of drug-likeness (QED) is 0.532. The monoisotopic (exact) mass is 461 g/mol. The van der Waals surface area contributed by atoms with Crippen molar-refractivity contribution < 1.29 is 22.6 Å². The number of thiocarbonyl (C=S) groups is 1. The summed E-state index contributed by atoms with van der Waals surface area (Å²) in [6.07, 6.45) is -3.98. The molecule has 0 bridgehead atoms. The average molecular weight is 462 g/mol. The van der Waals surface area contributed by atoms with Gasteiger partial charge in [-0.05, 0) is 61.0 Å². The van der Waals surface area contributed by atoms with E-state index in [0.29, 0.717) is 27.7 Å². The molecule has 0 atom stereocenters. The molecule has 2 aromatic carbocycles. The van der Waals surface area contributed by atoms with Gasteiger partial charge in [0.2, 0.25) is 0 Å². The smallest absolute Gasteiger partial charge is 0.419 e. The molecule has 0 aliphatic rings. The molecule has 0 aliphatic heterocycles. The van der Waals surface area contributed by atoms with Crippen molar-refractivity contribution in [2.75, 3.05) is 12.4 Å². The summed E-state index contributed by atoms with van der Waals surface area (Å²) in [6.45, 7) is 3.51. The van der Waals surface area contributed by atoms with Crippen LogP contribution in [0.4, 0.5) is 18.9 Å². The molecule has 0 saturated heterocycles. The summed E-state index contributed by atoms with van der Waals surface area (Å²) in [5, 5.41) is 3.04. The zero-order valence-corrected chi connectivity index (χ0v) is 17.4. The molecule has 27 heavy (non-hydrogen) atoms. The highest BCUT2D eigenvalue weighted by Crippen LogP contribution is 2.39. The van der Waals surface area contributed by atoms with Crippen molar-refractivity contribution in [2.45, 2.75) is 33.1 Å². The van der Waals surface area contributed by atoms with E-state index in [9.17, 15) is 13.2 Å². The van der Waals surface area contributed by atoms with Crippen LogP contribution in [0.3, 0.4) is 0 Å². The first-order chi connectivity index (χ1) is 12.7. The number of rotatable bonds is 5. The molecule has 146 valence electrons. The maximum Gasteiger partial charge on any atom is 0.419 e. The minimum atomic E-state index is -4.50. The summed E-state index contributed by atoms with van der Waals surface area (Å²) in [6, 6.07) is 7.88. The number of ether oxygens (including phenoxy) is 2. The number of aryl methyl sites for hydroxylation is 2. The van der Waals surface area contributed by atoms with E-state index in [4.69, 9.17) is 21.7 Å². The van der Waals surface area contributed by atoms with Gasteiger partial charge in [0, 0.05) is 15.7 Å². The van der Waals surface area contributed by atoms with Gasteiger partial charge in [0.15, 0.2) is 0 Å². The van der Waals surface area contributed by atoms with Gasteiger partial charge in [0.1, 0.15) is 12.4 Å². The molecule has 0 fully saturated rings. The van der Waals surface area contributed by atoms with Crippen molar-refractivity contribution in [3.8, 4) is 5.75 Å². The summed E-state index contributed by atoms with van der Waals surface area (Å²) < 4.78 is 51.6. The minimum Gasteiger partial charge on any atom is -0.488 e. The van der Waals surface area contributed by atoms with Crippen molar-refractivity contribution >= 4 is 39.0 Å². The summed E-state index contributed by atoms with van der Waals surface area (Å²) >= 11 is 8.40. The average Bonchev–Trinajstić information content (AvgIpc) is 2.60. The van der Waals surface area contributed by atoms with Crippen LogP contribution in [-0.4, -0.2) is 12.3 Å². The standard InChI is InChI=1S/C19H19BrF3NO2S/c1-4-12-9-14(19(21,22)23)17(8-11(12)2)26-10-13-15(20)6-5-7-16(13)24-18(27)25-3/h5-9H,4,10H2,1-3H3,(H,24,27). The van der Waals surface area contributed by atoms with Gasteiger partial charge in [-0.15, -0.1) is 0 Å². The SMILES string of the molecule is CCc1cc(C(F)(F)F)c(OCc2c(Br)cccc2NC(=S)OC)cc1C. The van der Waals surface area contributed by atoms with E-state index in [1.165, 1.54) is 13.2 Å². The maximum absolute atomic E-state index is 13.5. The van der Waals surface area contributed by atoms with E-state index in [1.807, 2.05) is 6.92 Å². The second kappa shape index (κ2) is 8.93. The van der Waals surface area contributed by atoms with Crippen LogP contribution in [0.5, 0.6) is 5.75 Å². The molecule has 0 spiro atoms. The van der Waals surface area contributed by atoms with E-state index >= 15 is 0 Å². The van der Waals surface area contributed by atoms with Gasteiger partial charge in [-0.25, -0.2) is 0 Å². The van der Waals surface area contributed by atoms with Gasteiger partial charge >= 0.3 is 6.18 Å². The van der Waals surface area contributed by atoms with Crippen molar-refractivity contribution in [2.24, 2.45) is 0 Å². The first kappa shape index (κ1) is 21.5. The number of hydrogen-bond acceptors (Lipinski definition) is 3. The van der Waals surface area contributed by atoms with Gasteiger partial charge in [0.25, 0.3) is 5.17 Å². The highest BCUT2D eigenvalue weighted by Gasteiger charge is 2.35. The van der Waals surface area contributed by atoms with Gasteiger partial charge in [0.05, 0.1) is 12.7 Å². The van der Waals surface area contributed by atoms with E-state index < -0.39 is 11.7 Å². The lowest BCUT2D eigenvalue weighted by molar-refractivity contribution is -0.139. The fourth-order valence-electron chi connectivity index (χ4n) is 2.58. The molecule has 0 aliphatic carbocycles. The zero-order valence-electron chi connectivity index (χ0n) is 15.0. The highest BCUT2D eigenvalue weighted by atomic mass is 79.9. The van der Waals surface area contributed by atoms with Gasteiger partial charge in [-0.3, -0.25) is 0 Å². The second-order valence-electron chi connectivity index (χ2n) is 5.80. The Balaban J connectivity index is 2.37. The van der Waals surface area contributed by atoms with Crippen LogP contribution in [-0.2, 0) is 23.9 Å². The topological polar surface area (TPSA) is 30.5 Å². The lowest BCUT2D eigenvalue weighted by atomic mass is 10.0. The predicted molar refractivity (Wildman–Crippen MR) is 107 cm³/mol. The molecule has 0 unspecified atom stereocenters. The lowest BCUT2D eigenvalue weighted by Crippen LogP contribution is -2.14. The molecule has 0 amide bonds. The predicted octanol–water partition coefficient (Wildman–Crippen LogP) is 6.26. The van der Waals surface area contributed by atoms with Gasteiger partial charge in [-0.2, -0.15) is 13.2 Å². The van der Waals surface area contributed by atoms with Crippen LogP contribution in [0.25, 0.3) is 0 Å². The molecule has 2 rings (SSSR count). The molecule has 2 aromatic rings. The molecule has 8 heteroatoms. The summed E-state index contributed by atoms with van der Waals surface area (Å²) in [5.74, 6) is -0.201. The van der Waals surface area contributed by atoms with E-state index in [-0.39, 0.29) is 17.5 Å². The number of benzene rings is 2. The Kier molecular flexibility index (Phi) is 7.11. The Labute approximate surface area is 170 Å². The van der Waals surface area contributed by atoms with Crippen LogP contribution in [0.2, 0.25) is 0 Å². The van der Waals surface area contributed by atoms with Gasteiger partial charge < -0.3 is 14.8 Å². The fourth-order valence-corrected chi connectivity index (χ4v) is 3.17. The number of hydrogen-bond donors (Lipinski definition) is 1. The number of halogens is 4. The lowest BCUT2D eigenvalue weighted by Gasteiger charge is -2.19. The Morgan fingerprint density at radius 1 is 1.26 bits per heavy atom. The van der Waals surface area contributed by atoms with Crippen LogP contribution in [0.15, 0.2) is 34.8 Å². The summed E-state index contributed by atoms with van der Waals surface area (Å²) in [7, 11) is 1.43. The number of methoxy groups -OCH3 is 1. The third kappa shape index (κ3) is 5.35. The van der Waals surface area contributed by atoms with E-state index in [0.717, 1.165) is 11.6 Å². The normalized spacial score (nSPS) is 11.2. The first-order valence-electron chi connectivity index (χ1n) is 8.13. The number of alkyl halides is 3. The molecule has 0 saturated carbocycles. The summed E-state index contributed by atoms with van der Waals surface area (Å²) in [5.41, 5.74) is 1.84. The second-order valence-corrected chi connectivity index (χ2v) is 7.02. The van der Waals surface area contributed by atoms with E-state index in [1.54, 1.807) is 25.1 Å². The fraction of sp³-hybridized carbons (Fsp3) is 0.316. The largest absolute Gasteiger partial charge is 0.488 e. The van der Waals surface area contributed by atoms with Crippen LogP contribution < -0.4 is 10.1 Å². The Morgan fingerprint density at radius 3 is 2.56 bits per heavy atom. The molecule has 3 nitrogen and oxygen atoms in total. The molecule has 0 heterocycles. The van der Waals surface area contributed by atoms with Crippen LogP contribution in [0, 0.1) is 6.92 Å². The summed E-state index contributed by atoms with van der Waals surface area (Å²) in [4.78, 5) is 0. The minimum absolute atomic E-state index is 0.0793. The van der Waals surface area contributed by atoms with Crippen LogP contribution in [0.1, 0.15) is 29.2 Å². The van der Waals surface area contributed by atoms with Crippen molar-refractivity contribution in [3.05, 3.63) is 57.1 Å². The van der Waals surface area contributed by atoms with Crippen molar-refractivity contribution in [1.29, 1.82) is 0 Å². The molecule has 0 radical (unpaired) electrons. The third-order valence-corrected chi connectivity index (χ3v) is 5.05. The molecule has 0 aromatic heterocycles. The Bertz CT molecular complexity index is 840. The Morgan fingerprint density at radius 2 is 1.96 bits per heavy atom. The van der Waals surface area contributed by atoms with E-state index in [2.05, 4.69) is 21.2 Å². The number of nitrogens with one attached hydrogen (secondary N) is 1. The zero-order chi connectivity index (χ0) is 20.2. The molecular formula is C19H19BrF3NO2S. The molecular weight excluding hydrogens is 443 g/mol. The van der Waals surface area contributed by atoms with Gasteiger partial charge in [-0.1, -0.05) is 28.9 Å². The van der Waals surface area contributed by atoms with Crippen molar-refractivity contribution in [1.82, 2.24) is 0 Å². The number of anilines is 1. The Hall–Kier alpha value is -1.80. The maximum atomic E-state index is 13.5. The first-order valence-corrected chi connectivity index (χ1v) is 9.33.